The molecule has 2 N–H and O–H groups in total. The monoisotopic (exact) mass is 424 g/mol. The van der Waals surface area contributed by atoms with E-state index in [0.717, 1.165) is 0 Å². The number of carbonyl (C=O) groups excluding carboxylic acids is 4. The van der Waals surface area contributed by atoms with Gasteiger partial charge in [0.1, 0.15) is 0 Å². The quantitative estimate of drug-likeness (QED) is 0.433. The van der Waals surface area contributed by atoms with Crippen LogP contribution in [0, 0.1) is 0 Å². The second-order valence-corrected chi connectivity index (χ2v) is 5.82. The number of hydrogen-bond donors (Lipinski definition) is 2. The van der Waals surface area contributed by atoms with E-state index in [2.05, 4.69) is 10.6 Å². The Hall–Kier alpha value is -3.30. The molecule has 2 amide bonds. The van der Waals surface area contributed by atoms with E-state index in [4.69, 9.17) is 18.9 Å². The molecule has 0 aliphatic rings. The van der Waals surface area contributed by atoms with E-state index < -0.39 is 24.1 Å². The fourth-order valence-corrected chi connectivity index (χ4v) is 2.51. The molecule has 0 saturated heterocycles. The van der Waals surface area contributed by atoms with Gasteiger partial charge in [-0.25, -0.2) is 9.59 Å². The molecule has 10 nitrogen and oxygen atoms in total. The Labute approximate surface area is 175 Å². The minimum Gasteiger partial charge on any atom is -0.466 e. The Morgan fingerprint density at radius 3 is 1.33 bits per heavy atom. The van der Waals surface area contributed by atoms with Crippen molar-refractivity contribution in [1.82, 2.24) is 0 Å². The zero-order chi connectivity index (χ0) is 22.5. The first-order valence-corrected chi connectivity index (χ1v) is 9.69. The van der Waals surface area contributed by atoms with Gasteiger partial charge in [0.15, 0.2) is 0 Å². The summed E-state index contributed by atoms with van der Waals surface area (Å²) in [6, 6.07) is 2.95. The molecule has 0 aliphatic heterocycles. The van der Waals surface area contributed by atoms with Crippen molar-refractivity contribution in [3.8, 4) is 0 Å². The smallest absolute Gasteiger partial charge is 0.411 e. The predicted molar refractivity (Wildman–Crippen MR) is 108 cm³/mol. The molecule has 1 rings (SSSR count). The number of carbonyl (C=O) groups is 4. The summed E-state index contributed by atoms with van der Waals surface area (Å²) in [6.07, 6.45) is -1.79. The molecule has 30 heavy (non-hydrogen) atoms. The second kappa shape index (κ2) is 13.0. The van der Waals surface area contributed by atoms with Crippen molar-refractivity contribution in [3.63, 3.8) is 0 Å². The summed E-state index contributed by atoms with van der Waals surface area (Å²) >= 11 is 0. The lowest BCUT2D eigenvalue weighted by Crippen LogP contribution is -2.20. The average molecular weight is 424 g/mol. The molecule has 0 fully saturated rings. The van der Waals surface area contributed by atoms with Crippen LogP contribution in [-0.4, -0.2) is 50.6 Å². The molecule has 166 valence electrons. The minimum absolute atomic E-state index is 0.147. The molecule has 0 saturated carbocycles. The van der Waals surface area contributed by atoms with Crippen LogP contribution in [0.15, 0.2) is 12.1 Å². The molecule has 0 aliphatic carbocycles. The molecule has 1 aromatic rings. The van der Waals surface area contributed by atoms with Crippen LogP contribution in [0.2, 0.25) is 0 Å². The number of nitrogens with one attached hydrogen (secondary N) is 2. The Morgan fingerprint density at radius 1 is 0.633 bits per heavy atom. The van der Waals surface area contributed by atoms with Crippen LogP contribution in [0.3, 0.4) is 0 Å². The highest BCUT2D eigenvalue weighted by Crippen LogP contribution is 2.28. The van der Waals surface area contributed by atoms with Gasteiger partial charge >= 0.3 is 24.1 Å². The Bertz CT molecular complexity index is 641. The van der Waals surface area contributed by atoms with Crippen LogP contribution < -0.4 is 10.6 Å². The lowest BCUT2D eigenvalue weighted by Gasteiger charge is -2.17. The van der Waals surface area contributed by atoms with E-state index in [0.29, 0.717) is 11.1 Å². The molecule has 0 aromatic heterocycles. The average Bonchev–Trinajstić information content (AvgIpc) is 2.65. The van der Waals surface area contributed by atoms with E-state index in [9.17, 15) is 19.2 Å². The fraction of sp³-hybridized carbons (Fsp3) is 0.500. The Balaban J connectivity index is 3.38. The highest BCUT2D eigenvalue weighted by molar-refractivity contribution is 5.93. The van der Waals surface area contributed by atoms with Crippen molar-refractivity contribution in [2.75, 3.05) is 37.1 Å². The van der Waals surface area contributed by atoms with Crippen molar-refractivity contribution in [1.29, 1.82) is 0 Å². The molecular formula is C20H28N2O8. The van der Waals surface area contributed by atoms with Crippen LogP contribution in [0.5, 0.6) is 0 Å². The lowest BCUT2D eigenvalue weighted by molar-refractivity contribution is -0.143. The van der Waals surface area contributed by atoms with Crippen LogP contribution in [0.1, 0.15) is 38.8 Å². The standard InChI is InChI=1S/C20H28N2O8/c1-5-27-17(23)10-13-9-14(11-18(24)28-6-2)16(22-20(26)30-8-4)12-15(13)21-19(25)29-7-3/h9,12H,5-8,10-11H2,1-4H3,(H,21,25)(H,22,26). The van der Waals surface area contributed by atoms with Crippen LogP contribution in [-0.2, 0) is 41.4 Å². The molecule has 0 bridgehead atoms. The number of rotatable bonds is 10. The normalized spacial score (nSPS) is 10.0. The minimum atomic E-state index is -0.733. The van der Waals surface area contributed by atoms with Gasteiger partial charge in [-0.15, -0.1) is 0 Å². The number of anilines is 2. The van der Waals surface area contributed by atoms with E-state index >= 15 is 0 Å². The van der Waals surface area contributed by atoms with E-state index in [1.54, 1.807) is 27.7 Å². The first kappa shape index (κ1) is 24.7. The topological polar surface area (TPSA) is 129 Å². The Kier molecular flexibility index (Phi) is 10.7. The molecule has 10 heteroatoms. The third kappa shape index (κ3) is 8.38. The summed E-state index contributed by atoms with van der Waals surface area (Å²) in [4.78, 5) is 47.9. The van der Waals surface area contributed by atoms with Gasteiger partial charge in [0, 0.05) is 11.4 Å². The maximum Gasteiger partial charge on any atom is 0.411 e. The van der Waals surface area contributed by atoms with E-state index in [1.165, 1.54) is 12.1 Å². The molecular weight excluding hydrogens is 396 g/mol. The number of ether oxygens (including phenoxy) is 4. The lowest BCUT2D eigenvalue weighted by atomic mass is 10.0. The highest BCUT2D eigenvalue weighted by Gasteiger charge is 2.19. The van der Waals surface area contributed by atoms with Gasteiger partial charge in [-0.05, 0) is 44.9 Å². The Morgan fingerprint density at radius 2 is 1.00 bits per heavy atom. The highest BCUT2D eigenvalue weighted by atomic mass is 16.6. The molecule has 0 spiro atoms. The summed E-state index contributed by atoms with van der Waals surface area (Å²) in [5.41, 5.74) is 1.22. The molecule has 0 heterocycles. The maximum atomic E-state index is 12.0. The van der Waals surface area contributed by atoms with Gasteiger partial charge in [0.25, 0.3) is 0 Å². The SMILES string of the molecule is CCOC(=O)Cc1cc(CC(=O)OCC)c(NC(=O)OCC)cc1NC(=O)OCC. The van der Waals surface area contributed by atoms with Gasteiger partial charge in [-0.3, -0.25) is 20.2 Å². The molecule has 0 radical (unpaired) electrons. The van der Waals surface area contributed by atoms with E-state index in [-0.39, 0.29) is 50.6 Å². The first-order chi connectivity index (χ1) is 14.3. The summed E-state index contributed by atoms with van der Waals surface area (Å²) in [5.74, 6) is -1.03. The largest absolute Gasteiger partial charge is 0.466 e. The van der Waals surface area contributed by atoms with Gasteiger partial charge in [-0.1, -0.05) is 6.07 Å². The van der Waals surface area contributed by atoms with Gasteiger partial charge in [-0.2, -0.15) is 0 Å². The zero-order valence-electron chi connectivity index (χ0n) is 17.7. The van der Waals surface area contributed by atoms with Crippen LogP contribution >= 0.6 is 0 Å². The van der Waals surface area contributed by atoms with Crippen molar-refractivity contribution < 1.29 is 38.1 Å². The zero-order valence-corrected chi connectivity index (χ0v) is 17.7. The van der Waals surface area contributed by atoms with Crippen molar-refractivity contribution in [2.24, 2.45) is 0 Å². The fourth-order valence-electron chi connectivity index (χ4n) is 2.51. The summed E-state index contributed by atoms with van der Waals surface area (Å²) < 4.78 is 19.7. The molecule has 1 aromatic carbocycles. The van der Waals surface area contributed by atoms with Gasteiger partial charge < -0.3 is 18.9 Å². The van der Waals surface area contributed by atoms with Crippen LogP contribution in [0.4, 0.5) is 21.0 Å². The summed E-state index contributed by atoms with van der Waals surface area (Å²) in [6.45, 7) is 7.32. The summed E-state index contributed by atoms with van der Waals surface area (Å²) in [7, 11) is 0. The molecule has 0 atom stereocenters. The van der Waals surface area contributed by atoms with Crippen molar-refractivity contribution >= 4 is 35.5 Å². The van der Waals surface area contributed by atoms with Crippen molar-refractivity contribution in [2.45, 2.75) is 40.5 Å². The maximum absolute atomic E-state index is 12.0. The number of amides is 2. The number of benzene rings is 1. The third-order valence-electron chi connectivity index (χ3n) is 3.63. The van der Waals surface area contributed by atoms with Gasteiger partial charge in [0.2, 0.25) is 0 Å². The molecule has 0 unspecified atom stereocenters. The number of hydrogen-bond acceptors (Lipinski definition) is 8. The third-order valence-corrected chi connectivity index (χ3v) is 3.63. The number of esters is 2. The second-order valence-electron chi connectivity index (χ2n) is 5.82. The predicted octanol–water partition coefficient (Wildman–Crippen LogP) is 3.03. The van der Waals surface area contributed by atoms with Gasteiger partial charge in [0.05, 0.1) is 39.3 Å². The first-order valence-electron chi connectivity index (χ1n) is 9.69. The van der Waals surface area contributed by atoms with E-state index in [1.807, 2.05) is 0 Å². The summed E-state index contributed by atoms with van der Waals surface area (Å²) in [5, 5.41) is 5.07. The van der Waals surface area contributed by atoms with Crippen molar-refractivity contribution in [3.05, 3.63) is 23.3 Å². The van der Waals surface area contributed by atoms with Crippen LogP contribution in [0.25, 0.3) is 0 Å².